The molecule has 0 aliphatic heterocycles. The summed E-state index contributed by atoms with van der Waals surface area (Å²) in [6, 6.07) is 3.26. The Balaban J connectivity index is 2.81. The van der Waals surface area contributed by atoms with Gasteiger partial charge in [0.15, 0.2) is 4.77 Å². The maximum absolute atomic E-state index is 13.3. The third-order valence-corrected chi connectivity index (χ3v) is 2.69. The molecule has 0 amide bonds. The number of nitrogens with zero attached hydrogens (tertiary/aromatic N) is 1. The predicted molar refractivity (Wildman–Crippen MR) is 62.0 cm³/mol. The molecule has 78 valence electrons. The highest BCUT2D eigenvalue weighted by Crippen LogP contribution is 2.18. The Bertz CT molecular complexity index is 580. The lowest BCUT2D eigenvalue weighted by Crippen LogP contribution is -1.94. The fraction of sp³-hybridized carbons (Fsp3) is 0.182. The van der Waals surface area contributed by atoms with Crippen molar-refractivity contribution >= 4 is 23.3 Å². The summed E-state index contributed by atoms with van der Waals surface area (Å²) in [7, 11) is 0. The van der Waals surface area contributed by atoms with Crippen molar-refractivity contribution in [3.8, 4) is 0 Å². The van der Waals surface area contributed by atoms with Gasteiger partial charge in [0, 0.05) is 6.54 Å². The quantitative estimate of drug-likeness (QED) is 0.610. The number of halogens is 1. The number of benzene rings is 1. The lowest BCUT2D eigenvalue weighted by molar-refractivity contribution is 0.620. The summed E-state index contributed by atoms with van der Waals surface area (Å²) in [5, 5.41) is 0. The molecule has 2 aromatic rings. The Morgan fingerprint density at radius 3 is 3.00 bits per heavy atom. The topological polar surface area (TPSA) is 20.7 Å². The van der Waals surface area contributed by atoms with E-state index in [9.17, 15) is 4.39 Å². The minimum absolute atomic E-state index is 0.218. The van der Waals surface area contributed by atoms with Gasteiger partial charge in [-0.05, 0) is 36.8 Å². The van der Waals surface area contributed by atoms with Crippen molar-refractivity contribution in [1.82, 2.24) is 9.55 Å². The van der Waals surface area contributed by atoms with E-state index < -0.39 is 0 Å². The van der Waals surface area contributed by atoms with Crippen LogP contribution in [0.25, 0.3) is 11.0 Å². The summed E-state index contributed by atoms with van der Waals surface area (Å²) < 4.78 is 15.8. The number of hydrogen-bond acceptors (Lipinski definition) is 1. The zero-order valence-electron chi connectivity index (χ0n) is 8.38. The molecule has 0 spiro atoms. The van der Waals surface area contributed by atoms with Crippen LogP contribution >= 0.6 is 12.2 Å². The zero-order chi connectivity index (χ0) is 11.0. The number of allylic oxidation sites excluding steroid dienone is 1. The molecule has 0 fully saturated rings. The highest BCUT2D eigenvalue weighted by Gasteiger charge is 2.06. The van der Waals surface area contributed by atoms with Gasteiger partial charge >= 0.3 is 0 Å². The van der Waals surface area contributed by atoms with E-state index in [4.69, 9.17) is 12.2 Å². The molecule has 2 nitrogen and oxygen atoms in total. The van der Waals surface area contributed by atoms with Gasteiger partial charge in [-0.25, -0.2) is 4.39 Å². The molecule has 0 saturated carbocycles. The monoisotopic (exact) mass is 222 g/mol. The minimum Gasteiger partial charge on any atom is -0.330 e. The van der Waals surface area contributed by atoms with E-state index in [0.717, 1.165) is 11.0 Å². The molecule has 1 heterocycles. The van der Waals surface area contributed by atoms with Gasteiger partial charge in [-0.15, -0.1) is 6.58 Å². The van der Waals surface area contributed by atoms with Crippen LogP contribution in [0.15, 0.2) is 24.8 Å². The summed E-state index contributed by atoms with van der Waals surface area (Å²) in [6.45, 7) is 6.04. The molecule has 4 heteroatoms. The summed E-state index contributed by atoms with van der Waals surface area (Å²) in [4.78, 5) is 2.97. The molecule has 0 aliphatic rings. The standard InChI is InChI=1S/C11H11FN2S/c1-3-4-14-10-5-7(2)8(12)6-9(10)13-11(14)15/h3,5-6H,1,4H2,2H3,(H,13,15). The number of aromatic amines is 1. The second kappa shape index (κ2) is 3.62. The van der Waals surface area contributed by atoms with Crippen LogP contribution in [0.4, 0.5) is 4.39 Å². The van der Waals surface area contributed by atoms with Crippen LogP contribution < -0.4 is 0 Å². The van der Waals surface area contributed by atoms with Crippen molar-refractivity contribution in [2.45, 2.75) is 13.5 Å². The van der Waals surface area contributed by atoms with Gasteiger partial charge in [0.1, 0.15) is 5.82 Å². The second-order valence-electron chi connectivity index (χ2n) is 3.45. The number of aromatic nitrogens is 2. The van der Waals surface area contributed by atoms with Crippen molar-refractivity contribution in [3.63, 3.8) is 0 Å². The molecule has 15 heavy (non-hydrogen) atoms. The average Bonchev–Trinajstić information content (AvgIpc) is 2.46. The van der Waals surface area contributed by atoms with Crippen LogP contribution in [0.1, 0.15) is 5.56 Å². The van der Waals surface area contributed by atoms with E-state index in [1.165, 1.54) is 6.07 Å². The number of imidazole rings is 1. The maximum atomic E-state index is 13.3. The number of H-pyrrole nitrogens is 1. The van der Waals surface area contributed by atoms with Crippen molar-refractivity contribution in [1.29, 1.82) is 0 Å². The fourth-order valence-corrected chi connectivity index (χ4v) is 1.87. The molecule has 1 aromatic heterocycles. The van der Waals surface area contributed by atoms with Crippen molar-refractivity contribution in [2.24, 2.45) is 0 Å². The highest BCUT2D eigenvalue weighted by atomic mass is 32.1. The molecule has 0 unspecified atom stereocenters. The van der Waals surface area contributed by atoms with E-state index in [2.05, 4.69) is 11.6 Å². The molecule has 0 atom stereocenters. The van der Waals surface area contributed by atoms with Crippen LogP contribution in [0.5, 0.6) is 0 Å². The van der Waals surface area contributed by atoms with Crippen LogP contribution in [-0.2, 0) is 6.54 Å². The Morgan fingerprint density at radius 2 is 2.33 bits per heavy atom. The van der Waals surface area contributed by atoms with Crippen molar-refractivity contribution in [2.75, 3.05) is 0 Å². The molecule has 1 N–H and O–H groups in total. The number of rotatable bonds is 2. The molecular weight excluding hydrogens is 211 g/mol. The average molecular weight is 222 g/mol. The van der Waals surface area contributed by atoms with E-state index in [1.54, 1.807) is 19.1 Å². The third kappa shape index (κ3) is 1.61. The first-order valence-corrected chi connectivity index (χ1v) is 5.04. The largest absolute Gasteiger partial charge is 0.330 e. The van der Waals surface area contributed by atoms with Crippen LogP contribution in [0, 0.1) is 17.5 Å². The van der Waals surface area contributed by atoms with Crippen molar-refractivity contribution in [3.05, 3.63) is 40.9 Å². The van der Waals surface area contributed by atoms with Gasteiger partial charge in [-0.3, -0.25) is 0 Å². The Hall–Kier alpha value is -1.42. The number of aryl methyl sites for hydroxylation is 1. The van der Waals surface area contributed by atoms with E-state index in [1.807, 2.05) is 4.57 Å². The van der Waals surface area contributed by atoms with E-state index in [0.29, 0.717) is 16.9 Å². The summed E-state index contributed by atoms with van der Waals surface area (Å²) in [5.74, 6) is -0.218. The molecule has 0 aliphatic carbocycles. The predicted octanol–water partition coefficient (Wildman–Crippen LogP) is 3.33. The van der Waals surface area contributed by atoms with Gasteiger partial charge in [0.05, 0.1) is 11.0 Å². The van der Waals surface area contributed by atoms with Crippen LogP contribution in [0.3, 0.4) is 0 Å². The van der Waals surface area contributed by atoms with Gasteiger partial charge in [0.2, 0.25) is 0 Å². The van der Waals surface area contributed by atoms with Crippen LogP contribution in [-0.4, -0.2) is 9.55 Å². The smallest absolute Gasteiger partial charge is 0.178 e. The fourth-order valence-electron chi connectivity index (χ4n) is 1.59. The third-order valence-electron chi connectivity index (χ3n) is 2.37. The normalized spacial score (nSPS) is 10.8. The number of hydrogen-bond donors (Lipinski definition) is 1. The highest BCUT2D eigenvalue weighted by molar-refractivity contribution is 7.71. The molecule has 0 radical (unpaired) electrons. The first-order chi connectivity index (χ1) is 7.13. The molecule has 0 bridgehead atoms. The van der Waals surface area contributed by atoms with Gasteiger partial charge < -0.3 is 9.55 Å². The van der Waals surface area contributed by atoms with Gasteiger partial charge in [-0.1, -0.05) is 6.08 Å². The van der Waals surface area contributed by atoms with E-state index >= 15 is 0 Å². The molecule has 0 saturated heterocycles. The maximum Gasteiger partial charge on any atom is 0.178 e. The van der Waals surface area contributed by atoms with Gasteiger partial charge in [-0.2, -0.15) is 0 Å². The first-order valence-electron chi connectivity index (χ1n) is 4.63. The minimum atomic E-state index is -0.218. The Kier molecular flexibility index (Phi) is 2.44. The SMILES string of the molecule is C=CCn1c(=S)[nH]c2cc(F)c(C)cc21. The molecule has 1 aromatic carbocycles. The molecular formula is C11H11FN2S. The van der Waals surface area contributed by atoms with Crippen molar-refractivity contribution < 1.29 is 4.39 Å². The van der Waals surface area contributed by atoms with E-state index in [-0.39, 0.29) is 5.82 Å². The lowest BCUT2D eigenvalue weighted by Gasteiger charge is -2.01. The molecule has 2 rings (SSSR count). The summed E-state index contributed by atoms with van der Waals surface area (Å²) >= 11 is 5.14. The summed E-state index contributed by atoms with van der Waals surface area (Å²) in [5.41, 5.74) is 2.26. The lowest BCUT2D eigenvalue weighted by atomic mass is 10.2. The first kappa shape index (κ1) is 10.1. The Morgan fingerprint density at radius 1 is 1.60 bits per heavy atom. The van der Waals surface area contributed by atoms with Crippen LogP contribution in [0.2, 0.25) is 0 Å². The number of fused-ring (bicyclic) bond motifs is 1. The summed E-state index contributed by atoms with van der Waals surface area (Å²) in [6.07, 6.45) is 1.77. The number of nitrogens with one attached hydrogen (secondary N) is 1. The Labute approximate surface area is 92.0 Å². The second-order valence-corrected chi connectivity index (χ2v) is 3.83. The zero-order valence-corrected chi connectivity index (χ0v) is 9.20. The van der Waals surface area contributed by atoms with Gasteiger partial charge in [0.25, 0.3) is 0 Å².